The number of rotatable bonds is 4. The summed E-state index contributed by atoms with van der Waals surface area (Å²) in [7, 11) is 0. The highest BCUT2D eigenvalue weighted by Gasteiger charge is 2.18. The van der Waals surface area contributed by atoms with E-state index in [-0.39, 0.29) is 5.91 Å². The van der Waals surface area contributed by atoms with E-state index in [9.17, 15) is 4.79 Å². The van der Waals surface area contributed by atoms with Gasteiger partial charge in [0.2, 0.25) is 5.91 Å². The van der Waals surface area contributed by atoms with Crippen molar-refractivity contribution < 1.29 is 4.79 Å². The third-order valence-electron chi connectivity index (χ3n) is 4.25. The third kappa shape index (κ3) is 4.66. The maximum Gasteiger partial charge on any atom is 0.220 e. The summed E-state index contributed by atoms with van der Waals surface area (Å²) in [4.78, 5) is 11.8. The van der Waals surface area contributed by atoms with E-state index >= 15 is 0 Å². The number of carbonyl (C=O) groups excluding carboxylic acids is 1. The summed E-state index contributed by atoms with van der Waals surface area (Å²) in [6.45, 7) is 3.12. The second-order valence-corrected chi connectivity index (χ2v) is 5.71. The molecule has 0 atom stereocenters. The van der Waals surface area contributed by atoms with Crippen LogP contribution in [0.25, 0.3) is 0 Å². The number of piperidine rings is 1. The van der Waals surface area contributed by atoms with Gasteiger partial charge < -0.3 is 10.6 Å². The first-order valence-electron chi connectivity index (χ1n) is 7.32. The van der Waals surface area contributed by atoms with Crippen molar-refractivity contribution in [3.05, 3.63) is 0 Å². The molecule has 0 radical (unpaired) electrons. The van der Waals surface area contributed by atoms with Crippen molar-refractivity contribution in [2.45, 2.75) is 51.4 Å². The maximum absolute atomic E-state index is 11.8. The van der Waals surface area contributed by atoms with Crippen LogP contribution in [0.4, 0.5) is 0 Å². The Bertz CT molecular complexity index is 230. The second-order valence-electron chi connectivity index (χ2n) is 5.71. The smallest absolute Gasteiger partial charge is 0.220 e. The monoisotopic (exact) mass is 238 g/mol. The van der Waals surface area contributed by atoms with E-state index < -0.39 is 0 Å². The van der Waals surface area contributed by atoms with Crippen molar-refractivity contribution in [3.63, 3.8) is 0 Å². The Morgan fingerprint density at radius 1 is 1.00 bits per heavy atom. The van der Waals surface area contributed by atoms with E-state index in [4.69, 9.17) is 0 Å². The van der Waals surface area contributed by atoms with E-state index in [1.165, 1.54) is 44.9 Å². The number of hydrogen-bond acceptors (Lipinski definition) is 2. The highest BCUT2D eigenvalue weighted by molar-refractivity contribution is 5.76. The fraction of sp³-hybridized carbons (Fsp3) is 0.929. The van der Waals surface area contributed by atoms with Gasteiger partial charge in [-0.15, -0.1) is 0 Å². The van der Waals surface area contributed by atoms with Crippen LogP contribution in [0.15, 0.2) is 0 Å². The van der Waals surface area contributed by atoms with Crippen LogP contribution >= 0.6 is 0 Å². The lowest BCUT2D eigenvalue weighted by molar-refractivity contribution is -0.122. The number of nitrogens with one attached hydrogen (secondary N) is 2. The van der Waals surface area contributed by atoms with E-state index in [0.29, 0.717) is 11.8 Å². The lowest BCUT2D eigenvalue weighted by Crippen LogP contribution is -2.36. The Kier molecular flexibility index (Phi) is 5.30. The van der Waals surface area contributed by atoms with Gasteiger partial charge in [0, 0.05) is 13.0 Å². The minimum Gasteiger partial charge on any atom is -0.356 e. The normalized spacial score (nSPS) is 23.5. The molecule has 1 saturated carbocycles. The van der Waals surface area contributed by atoms with Crippen LogP contribution in [-0.2, 0) is 4.79 Å². The molecule has 2 aliphatic rings. The SMILES string of the molecule is O=C(CC1CCCCC1)NCC1CCNCC1. The average Bonchev–Trinajstić information content (AvgIpc) is 2.39. The Morgan fingerprint density at radius 3 is 2.41 bits per heavy atom. The predicted octanol–water partition coefficient (Wildman–Crippen LogP) is 2.07. The van der Waals surface area contributed by atoms with Crippen LogP contribution in [0.3, 0.4) is 0 Å². The number of amides is 1. The molecule has 1 aliphatic heterocycles. The van der Waals surface area contributed by atoms with Gasteiger partial charge in [0.15, 0.2) is 0 Å². The number of carbonyl (C=O) groups is 1. The molecule has 3 nitrogen and oxygen atoms in total. The lowest BCUT2D eigenvalue weighted by atomic mass is 9.87. The van der Waals surface area contributed by atoms with Gasteiger partial charge in [0.1, 0.15) is 0 Å². The Balaban J connectivity index is 1.59. The maximum atomic E-state index is 11.8. The Hall–Kier alpha value is -0.570. The van der Waals surface area contributed by atoms with E-state index in [1.807, 2.05) is 0 Å². The molecular weight excluding hydrogens is 212 g/mol. The third-order valence-corrected chi connectivity index (χ3v) is 4.25. The molecular formula is C14H26N2O. The number of hydrogen-bond donors (Lipinski definition) is 2. The molecule has 0 aromatic carbocycles. The molecule has 0 spiro atoms. The summed E-state index contributed by atoms with van der Waals surface area (Å²) in [6, 6.07) is 0. The summed E-state index contributed by atoms with van der Waals surface area (Å²) in [5, 5.41) is 6.49. The predicted molar refractivity (Wildman–Crippen MR) is 69.8 cm³/mol. The van der Waals surface area contributed by atoms with Crippen molar-refractivity contribution in [1.82, 2.24) is 10.6 Å². The van der Waals surface area contributed by atoms with Crippen molar-refractivity contribution in [3.8, 4) is 0 Å². The van der Waals surface area contributed by atoms with Crippen molar-refractivity contribution in [2.75, 3.05) is 19.6 Å². The molecule has 0 bridgehead atoms. The summed E-state index contributed by atoms with van der Waals surface area (Å²) in [5.41, 5.74) is 0. The lowest BCUT2D eigenvalue weighted by Gasteiger charge is -2.24. The van der Waals surface area contributed by atoms with E-state index in [2.05, 4.69) is 10.6 Å². The fourth-order valence-electron chi connectivity index (χ4n) is 3.07. The topological polar surface area (TPSA) is 41.1 Å². The van der Waals surface area contributed by atoms with Crippen LogP contribution in [0.2, 0.25) is 0 Å². The van der Waals surface area contributed by atoms with E-state index in [1.54, 1.807) is 0 Å². The fourth-order valence-corrected chi connectivity index (χ4v) is 3.07. The quantitative estimate of drug-likeness (QED) is 0.787. The van der Waals surface area contributed by atoms with Crippen LogP contribution < -0.4 is 10.6 Å². The van der Waals surface area contributed by atoms with Crippen LogP contribution in [0.1, 0.15) is 51.4 Å². The van der Waals surface area contributed by atoms with Crippen LogP contribution in [0, 0.1) is 11.8 Å². The molecule has 3 heteroatoms. The van der Waals surface area contributed by atoms with E-state index in [0.717, 1.165) is 26.1 Å². The molecule has 1 saturated heterocycles. The van der Waals surface area contributed by atoms with Gasteiger partial charge >= 0.3 is 0 Å². The summed E-state index contributed by atoms with van der Waals surface area (Å²) in [6.07, 6.45) is 9.74. The Morgan fingerprint density at radius 2 is 1.71 bits per heavy atom. The molecule has 0 aromatic heterocycles. The largest absolute Gasteiger partial charge is 0.356 e. The molecule has 2 rings (SSSR count). The average molecular weight is 238 g/mol. The van der Waals surface area contributed by atoms with Crippen LogP contribution in [-0.4, -0.2) is 25.5 Å². The van der Waals surface area contributed by atoms with Crippen molar-refractivity contribution in [2.24, 2.45) is 11.8 Å². The van der Waals surface area contributed by atoms with Gasteiger partial charge in [0.05, 0.1) is 0 Å². The van der Waals surface area contributed by atoms with Gasteiger partial charge in [-0.3, -0.25) is 4.79 Å². The zero-order valence-corrected chi connectivity index (χ0v) is 10.8. The van der Waals surface area contributed by atoms with Crippen LogP contribution in [0.5, 0.6) is 0 Å². The molecule has 17 heavy (non-hydrogen) atoms. The molecule has 98 valence electrons. The molecule has 2 fully saturated rings. The minimum absolute atomic E-state index is 0.287. The van der Waals surface area contributed by atoms with Gasteiger partial charge in [-0.1, -0.05) is 19.3 Å². The summed E-state index contributed by atoms with van der Waals surface area (Å²) in [5.74, 6) is 1.65. The van der Waals surface area contributed by atoms with Crippen molar-refractivity contribution in [1.29, 1.82) is 0 Å². The van der Waals surface area contributed by atoms with Gasteiger partial charge in [-0.25, -0.2) is 0 Å². The molecule has 1 amide bonds. The minimum atomic E-state index is 0.287. The van der Waals surface area contributed by atoms with Gasteiger partial charge in [0.25, 0.3) is 0 Å². The molecule has 0 aromatic rings. The first-order valence-corrected chi connectivity index (χ1v) is 7.32. The highest BCUT2D eigenvalue weighted by atomic mass is 16.1. The first-order chi connectivity index (χ1) is 8.34. The molecule has 1 aliphatic carbocycles. The molecule has 1 heterocycles. The Labute approximate surface area is 105 Å². The molecule has 0 unspecified atom stereocenters. The summed E-state index contributed by atoms with van der Waals surface area (Å²) < 4.78 is 0. The van der Waals surface area contributed by atoms with Gasteiger partial charge in [-0.2, -0.15) is 0 Å². The summed E-state index contributed by atoms with van der Waals surface area (Å²) >= 11 is 0. The zero-order chi connectivity index (χ0) is 11.9. The first kappa shape index (κ1) is 12.9. The standard InChI is InChI=1S/C14H26N2O/c17-14(10-12-4-2-1-3-5-12)16-11-13-6-8-15-9-7-13/h12-13,15H,1-11H2,(H,16,17). The zero-order valence-electron chi connectivity index (χ0n) is 10.8. The van der Waals surface area contributed by atoms with Crippen molar-refractivity contribution >= 4 is 5.91 Å². The molecule has 2 N–H and O–H groups in total. The second kappa shape index (κ2) is 7.00. The highest BCUT2D eigenvalue weighted by Crippen LogP contribution is 2.26. The van der Waals surface area contributed by atoms with Gasteiger partial charge in [-0.05, 0) is 50.6 Å².